The fourth-order valence-corrected chi connectivity index (χ4v) is 3.04. The molecule has 0 saturated carbocycles. The lowest BCUT2D eigenvalue weighted by Crippen LogP contribution is -1.99. The van der Waals surface area contributed by atoms with E-state index >= 15 is 0 Å². The van der Waals surface area contributed by atoms with E-state index in [4.69, 9.17) is 10.8 Å². The normalized spacial score (nSPS) is 10.7. The molecule has 0 spiro atoms. The molecule has 3 heteroatoms. The van der Waals surface area contributed by atoms with Crippen LogP contribution in [0.5, 0.6) is 0 Å². The van der Waals surface area contributed by atoms with Crippen LogP contribution in [0.2, 0.25) is 0 Å². The minimum atomic E-state index is 0.138. The van der Waals surface area contributed by atoms with Crippen LogP contribution in [0.1, 0.15) is 18.1 Å². The molecule has 0 atom stereocenters. The van der Waals surface area contributed by atoms with E-state index in [1.165, 1.54) is 10.4 Å². The summed E-state index contributed by atoms with van der Waals surface area (Å²) in [5.41, 5.74) is 10.4. The fourth-order valence-electron chi connectivity index (χ4n) is 2.00. The molecule has 0 radical (unpaired) electrons. The summed E-state index contributed by atoms with van der Waals surface area (Å²) in [6, 6.07) is 8.20. The lowest BCUT2D eigenvalue weighted by Gasteiger charge is -2.10. The Morgan fingerprint density at radius 2 is 2.06 bits per heavy atom. The molecule has 0 saturated heterocycles. The zero-order valence-electron chi connectivity index (χ0n) is 9.94. The first-order valence-corrected chi connectivity index (χ1v) is 6.70. The molecule has 0 amide bonds. The molecular formula is C14H17NOS. The van der Waals surface area contributed by atoms with Gasteiger partial charge in [-0.3, -0.25) is 0 Å². The van der Waals surface area contributed by atoms with Crippen LogP contribution in [0.25, 0.3) is 10.4 Å². The van der Waals surface area contributed by atoms with Gasteiger partial charge < -0.3 is 10.8 Å². The van der Waals surface area contributed by atoms with Crippen molar-refractivity contribution in [1.29, 1.82) is 0 Å². The smallest absolute Gasteiger partial charge is 0.0472 e. The van der Waals surface area contributed by atoms with Crippen LogP contribution in [0.15, 0.2) is 29.6 Å². The fraction of sp³-hybridized carbons (Fsp3) is 0.286. The van der Waals surface area contributed by atoms with E-state index in [1.807, 2.05) is 12.1 Å². The molecular weight excluding hydrogens is 230 g/mol. The number of nitrogens with two attached hydrogens (primary N) is 1. The van der Waals surface area contributed by atoms with Crippen LogP contribution < -0.4 is 5.73 Å². The maximum Gasteiger partial charge on any atom is 0.0472 e. The second-order valence-corrected chi connectivity index (χ2v) is 4.90. The number of hydrogen-bond donors (Lipinski definition) is 2. The minimum absolute atomic E-state index is 0.138. The van der Waals surface area contributed by atoms with Crippen molar-refractivity contribution in [2.75, 3.05) is 12.3 Å². The molecule has 0 bridgehead atoms. The number of rotatable bonds is 4. The second kappa shape index (κ2) is 5.34. The van der Waals surface area contributed by atoms with E-state index in [2.05, 4.69) is 24.4 Å². The Morgan fingerprint density at radius 3 is 2.76 bits per heavy atom. The van der Waals surface area contributed by atoms with E-state index < -0.39 is 0 Å². The number of benzene rings is 1. The van der Waals surface area contributed by atoms with Gasteiger partial charge in [0.15, 0.2) is 0 Å². The average Bonchev–Trinajstić information content (AvgIpc) is 2.80. The van der Waals surface area contributed by atoms with Crippen molar-refractivity contribution >= 4 is 17.0 Å². The third kappa shape index (κ3) is 2.35. The quantitative estimate of drug-likeness (QED) is 0.816. The van der Waals surface area contributed by atoms with Gasteiger partial charge in [0.05, 0.1) is 0 Å². The molecule has 1 heterocycles. The van der Waals surface area contributed by atoms with Gasteiger partial charge in [0.2, 0.25) is 0 Å². The van der Waals surface area contributed by atoms with Crippen LogP contribution in [-0.2, 0) is 12.8 Å². The maximum absolute atomic E-state index is 9.01. The van der Waals surface area contributed by atoms with Gasteiger partial charge in [-0.1, -0.05) is 25.1 Å². The molecule has 0 fully saturated rings. The van der Waals surface area contributed by atoms with Gasteiger partial charge >= 0.3 is 0 Å². The summed E-state index contributed by atoms with van der Waals surface area (Å²) in [4.78, 5) is 1.25. The van der Waals surface area contributed by atoms with Crippen molar-refractivity contribution in [3.8, 4) is 10.4 Å². The van der Waals surface area contributed by atoms with Gasteiger partial charge in [-0.2, -0.15) is 0 Å². The Balaban J connectivity index is 2.49. The van der Waals surface area contributed by atoms with E-state index in [0.717, 1.165) is 23.2 Å². The monoisotopic (exact) mass is 247 g/mol. The maximum atomic E-state index is 9.01. The first-order valence-electron chi connectivity index (χ1n) is 5.82. The van der Waals surface area contributed by atoms with Crippen LogP contribution in [0.4, 0.5) is 5.69 Å². The van der Waals surface area contributed by atoms with Gasteiger partial charge in [-0.05, 0) is 35.4 Å². The highest BCUT2D eigenvalue weighted by atomic mass is 32.1. The summed E-state index contributed by atoms with van der Waals surface area (Å²) < 4.78 is 0. The minimum Gasteiger partial charge on any atom is -0.398 e. The van der Waals surface area contributed by atoms with Crippen molar-refractivity contribution in [3.05, 3.63) is 40.8 Å². The average molecular weight is 247 g/mol. The van der Waals surface area contributed by atoms with Crippen LogP contribution in [-0.4, -0.2) is 11.7 Å². The molecule has 2 nitrogen and oxygen atoms in total. The number of aliphatic hydroxyl groups excluding tert-OH is 1. The van der Waals surface area contributed by atoms with Crippen molar-refractivity contribution in [1.82, 2.24) is 0 Å². The highest BCUT2D eigenvalue weighted by Gasteiger charge is 2.10. The highest BCUT2D eigenvalue weighted by Crippen LogP contribution is 2.35. The van der Waals surface area contributed by atoms with E-state index in [9.17, 15) is 0 Å². The molecule has 2 rings (SSSR count). The van der Waals surface area contributed by atoms with E-state index in [1.54, 1.807) is 11.3 Å². The number of hydrogen-bond acceptors (Lipinski definition) is 3. The standard InChI is InChI=1S/C14H17NOS/c1-2-10-7-9-17-14(10)12-5-3-4-11(6-8-16)13(12)15/h3-5,7,9,16H,2,6,8,15H2,1H3. The summed E-state index contributed by atoms with van der Waals surface area (Å²) in [6.07, 6.45) is 1.63. The lowest BCUT2D eigenvalue weighted by atomic mass is 10.0. The van der Waals surface area contributed by atoms with E-state index in [-0.39, 0.29) is 6.61 Å². The van der Waals surface area contributed by atoms with E-state index in [0.29, 0.717) is 6.42 Å². The third-order valence-corrected chi connectivity index (χ3v) is 3.94. The molecule has 17 heavy (non-hydrogen) atoms. The number of anilines is 1. The van der Waals surface area contributed by atoms with Gasteiger partial charge in [0.1, 0.15) is 0 Å². The van der Waals surface area contributed by atoms with Gasteiger partial charge in [-0.25, -0.2) is 0 Å². The first kappa shape index (κ1) is 12.1. The SMILES string of the molecule is CCc1ccsc1-c1cccc(CCO)c1N. The molecule has 3 N–H and O–H groups in total. The van der Waals surface area contributed by atoms with Crippen LogP contribution in [0, 0.1) is 0 Å². The van der Waals surface area contributed by atoms with Crippen LogP contribution >= 0.6 is 11.3 Å². The van der Waals surface area contributed by atoms with Crippen molar-refractivity contribution in [2.45, 2.75) is 19.8 Å². The Kier molecular flexibility index (Phi) is 3.82. The van der Waals surface area contributed by atoms with Gasteiger partial charge in [0, 0.05) is 22.7 Å². The number of thiophene rings is 1. The number of nitrogen functional groups attached to an aromatic ring is 1. The van der Waals surface area contributed by atoms with Crippen molar-refractivity contribution in [2.24, 2.45) is 0 Å². The van der Waals surface area contributed by atoms with Gasteiger partial charge in [-0.15, -0.1) is 11.3 Å². The number of aliphatic hydroxyl groups is 1. The Hall–Kier alpha value is -1.32. The molecule has 1 aromatic heterocycles. The second-order valence-electron chi connectivity index (χ2n) is 3.98. The topological polar surface area (TPSA) is 46.2 Å². The van der Waals surface area contributed by atoms with Gasteiger partial charge in [0.25, 0.3) is 0 Å². The molecule has 0 unspecified atom stereocenters. The first-order chi connectivity index (χ1) is 8.27. The van der Waals surface area contributed by atoms with Crippen molar-refractivity contribution < 1.29 is 5.11 Å². The van der Waals surface area contributed by atoms with Crippen molar-refractivity contribution in [3.63, 3.8) is 0 Å². The highest BCUT2D eigenvalue weighted by molar-refractivity contribution is 7.13. The Morgan fingerprint density at radius 1 is 1.24 bits per heavy atom. The van der Waals surface area contributed by atoms with Crippen LogP contribution in [0.3, 0.4) is 0 Å². The summed E-state index contributed by atoms with van der Waals surface area (Å²) in [6.45, 7) is 2.29. The Bertz CT molecular complexity index is 505. The largest absolute Gasteiger partial charge is 0.398 e. The lowest BCUT2D eigenvalue weighted by molar-refractivity contribution is 0.300. The number of para-hydroxylation sites is 1. The summed E-state index contributed by atoms with van der Waals surface area (Å²) in [5, 5.41) is 11.1. The molecule has 2 aromatic rings. The molecule has 1 aromatic carbocycles. The summed E-state index contributed by atoms with van der Waals surface area (Å²) in [5.74, 6) is 0. The summed E-state index contributed by atoms with van der Waals surface area (Å²) >= 11 is 1.73. The molecule has 0 aliphatic rings. The third-order valence-electron chi connectivity index (χ3n) is 2.95. The molecule has 0 aliphatic carbocycles. The molecule has 90 valence electrons. The predicted molar refractivity (Wildman–Crippen MR) is 74.3 cm³/mol. The predicted octanol–water partition coefficient (Wildman–Crippen LogP) is 3.09. The molecule has 0 aliphatic heterocycles. The number of aryl methyl sites for hydroxylation is 1. The zero-order chi connectivity index (χ0) is 12.3. The zero-order valence-corrected chi connectivity index (χ0v) is 10.8. The Labute approximate surface area is 106 Å². The summed E-state index contributed by atoms with van der Waals surface area (Å²) in [7, 11) is 0.